The van der Waals surface area contributed by atoms with Crippen LogP contribution in [0.15, 0.2) is 0 Å². The average molecular weight is 324 g/mol. The van der Waals surface area contributed by atoms with E-state index in [1.807, 2.05) is 0 Å². The summed E-state index contributed by atoms with van der Waals surface area (Å²) in [6.07, 6.45) is -0.223. The van der Waals surface area contributed by atoms with Crippen molar-refractivity contribution >= 4 is 30.2 Å². The van der Waals surface area contributed by atoms with E-state index in [9.17, 15) is 4.57 Å². The Hall–Kier alpha value is 0.800. The molecule has 0 bridgehead atoms. The first kappa shape index (κ1) is 13.8. The molecule has 5 nitrogen and oxygen atoms in total. The highest BCUT2D eigenvalue weighted by molar-refractivity contribution is 14.1. The summed E-state index contributed by atoms with van der Waals surface area (Å²) in [7, 11) is -3.89. The Morgan fingerprint density at radius 3 is 2.08 bits per heavy atom. The van der Waals surface area contributed by atoms with E-state index in [0.29, 0.717) is 19.8 Å². The fourth-order valence-electron chi connectivity index (χ4n) is 0.560. The van der Waals surface area contributed by atoms with Gasteiger partial charge in [-0.05, 0) is 0 Å². The zero-order valence-corrected chi connectivity index (χ0v) is 10.2. The summed E-state index contributed by atoms with van der Waals surface area (Å²) in [6.45, 7) is 1.63. The van der Waals surface area contributed by atoms with Crippen LogP contribution in [-0.4, -0.2) is 46.8 Å². The quantitative estimate of drug-likeness (QED) is 0.296. The van der Waals surface area contributed by atoms with Crippen LogP contribution in [0.5, 0.6) is 0 Å². The van der Waals surface area contributed by atoms with Crippen LogP contribution in [0.3, 0.4) is 0 Å². The van der Waals surface area contributed by atoms with E-state index in [0.717, 1.165) is 4.43 Å². The van der Waals surface area contributed by atoms with Crippen LogP contribution in [0.2, 0.25) is 0 Å². The molecule has 0 atom stereocenters. The van der Waals surface area contributed by atoms with Crippen molar-refractivity contribution in [3.05, 3.63) is 0 Å². The predicted octanol–water partition coefficient (Wildman–Crippen LogP) is 0.632. The maximum absolute atomic E-state index is 10.3. The van der Waals surface area contributed by atoms with Gasteiger partial charge in [0.15, 0.2) is 0 Å². The van der Waals surface area contributed by atoms with Crippen molar-refractivity contribution in [1.29, 1.82) is 0 Å². The van der Waals surface area contributed by atoms with Gasteiger partial charge >= 0.3 is 7.60 Å². The van der Waals surface area contributed by atoms with Gasteiger partial charge in [-0.25, -0.2) is 0 Å². The molecule has 0 fully saturated rings. The van der Waals surface area contributed by atoms with E-state index in [-0.39, 0.29) is 12.8 Å². The number of rotatable bonds is 8. The van der Waals surface area contributed by atoms with Gasteiger partial charge in [0, 0.05) is 4.43 Å². The maximum Gasteiger partial charge on any atom is 0.327 e. The first-order valence-corrected chi connectivity index (χ1v) is 7.14. The number of halogens is 1. The maximum atomic E-state index is 10.3. The molecule has 0 aliphatic rings. The number of hydrogen-bond donors (Lipinski definition) is 2. The zero-order chi connectivity index (χ0) is 10.2. The lowest BCUT2D eigenvalue weighted by atomic mass is 10.7. The van der Waals surface area contributed by atoms with E-state index in [4.69, 9.17) is 19.3 Å². The molecular weight excluding hydrogens is 310 g/mol. The largest absolute Gasteiger partial charge is 0.378 e. The lowest BCUT2D eigenvalue weighted by molar-refractivity contribution is 0.0596. The molecule has 13 heavy (non-hydrogen) atoms. The van der Waals surface area contributed by atoms with Crippen LogP contribution < -0.4 is 0 Å². The lowest BCUT2D eigenvalue weighted by Crippen LogP contribution is -2.08. The number of ether oxygens (including phenoxy) is 2. The van der Waals surface area contributed by atoms with Gasteiger partial charge in [0.2, 0.25) is 0 Å². The third kappa shape index (κ3) is 12.8. The van der Waals surface area contributed by atoms with E-state index >= 15 is 0 Å². The van der Waals surface area contributed by atoms with Gasteiger partial charge in [-0.15, -0.1) is 0 Å². The van der Waals surface area contributed by atoms with Crippen LogP contribution in [0.4, 0.5) is 0 Å². The Bertz CT molecular complexity index is 159. The van der Waals surface area contributed by atoms with Crippen molar-refractivity contribution in [2.75, 3.05) is 37.0 Å². The van der Waals surface area contributed by atoms with Gasteiger partial charge in [-0.3, -0.25) is 4.57 Å². The lowest BCUT2D eigenvalue weighted by Gasteiger charge is -2.05. The Labute approximate surface area is 91.1 Å². The highest BCUT2D eigenvalue weighted by Crippen LogP contribution is 2.33. The minimum Gasteiger partial charge on any atom is -0.378 e. The third-order valence-electron chi connectivity index (χ3n) is 1.12. The molecule has 0 saturated carbocycles. The third-order valence-corrected chi connectivity index (χ3v) is 2.33. The summed E-state index contributed by atoms with van der Waals surface area (Å²) in [6, 6.07) is 0. The topological polar surface area (TPSA) is 76.0 Å². The zero-order valence-electron chi connectivity index (χ0n) is 7.19. The average Bonchev–Trinajstić information content (AvgIpc) is 2.01. The van der Waals surface area contributed by atoms with Crippen molar-refractivity contribution in [2.24, 2.45) is 0 Å². The standard InChI is InChI=1S/C6H14IO5P/c7-1-2-11-3-4-12-5-6-13(8,9)10/h1-6H2,(H2,8,9,10). The molecule has 0 heterocycles. The molecule has 0 aliphatic carbocycles. The van der Waals surface area contributed by atoms with E-state index in [1.165, 1.54) is 0 Å². The molecule has 2 N–H and O–H groups in total. The van der Waals surface area contributed by atoms with Gasteiger partial charge < -0.3 is 19.3 Å². The molecule has 0 rings (SSSR count). The second kappa shape index (κ2) is 8.14. The van der Waals surface area contributed by atoms with Gasteiger partial charge in [-0.2, -0.15) is 0 Å². The van der Waals surface area contributed by atoms with Crippen molar-refractivity contribution in [1.82, 2.24) is 0 Å². The number of alkyl halides is 1. The van der Waals surface area contributed by atoms with E-state index in [2.05, 4.69) is 22.6 Å². The van der Waals surface area contributed by atoms with Crippen LogP contribution in [0, 0.1) is 0 Å². The molecule has 80 valence electrons. The summed E-state index contributed by atoms with van der Waals surface area (Å²) in [4.78, 5) is 16.9. The monoisotopic (exact) mass is 324 g/mol. The SMILES string of the molecule is O=P(O)(O)CCOCCOCCI. The molecule has 0 amide bonds. The smallest absolute Gasteiger partial charge is 0.327 e. The molecule has 0 aromatic rings. The van der Waals surface area contributed by atoms with Crippen LogP contribution in [0.1, 0.15) is 0 Å². The highest BCUT2D eigenvalue weighted by atomic mass is 127. The fraction of sp³-hybridized carbons (Fsp3) is 1.00. The number of hydrogen-bond acceptors (Lipinski definition) is 3. The van der Waals surface area contributed by atoms with E-state index in [1.54, 1.807) is 0 Å². The molecule has 0 spiro atoms. The van der Waals surface area contributed by atoms with Crippen LogP contribution in [0.25, 0.3) is 0 Å². The molecule has 7 heteroatoms. The Balaban J connectivity index is 3.04. The van der Waals surface area contributed by atoms with Crippen LogP contribution >= 0.6 is 30.2 Å². The summed E-state index contributed by atoms with van der Waals surface area (Å²) < 4.78 is 21.3. The highest BCUT2D eigenvalue weighted by Gasteiger charge is 2.11. The van der Waals surface area contributed by atoms with Crippen LogP contribution in [-0.2, 0) is 14.0 Å². The normalized spacial score (nSPS) is 11.9. The Morgan fingerprint density at radius 1 is 1.08 bits per heavy atom. The first-order chi connectivity index (χ1) is 6.06. The molecule has 0 unspecified atom stereocenters. The summed E-state index contributed by atoms with van der Waals surface area (Å²) in [5.41, 5.74) is 0. The Morgan fingerprint density at radius 2 is 1.62 bits per heavy atom. The second-order valence-electron chi connectivity index (χ2n) is 2.30. The van der Waals surface area contributed by atoms with Crippen molar-refractivity contribution < 1.29 is 23.8 Å². The summed E-state index contributed by atoms with van der Waals surface area (Å²) in [5.74, 6) is 0. The van der Waals surface area contributed by atoms with Crippen molar-refractivity contribution in [3.8, 4) is 0 Å². The Kier molecular flexibility index (Phi) is 8.64. The predicted molar refractivity (Wildman–Crippen MR) is 57.4 cm³/mol. The van der Waals surface area contributed by atoms with Gasteiger partial charge in [0.05, 0.1) is 32.6 Å². The molecule has 0 aromatic carbocycles. The summed E-state index contributed by atoms with van der Waals surface area (Å²) in [5, 5.41) is 0. The second-order valence-corrected chi connectivity index (χ2v) is 5.16. The molecule has 0 aliphatic heterocycles. The molecule has 0 aromatic heterocycles. The molecular formula is C6H14IO5P. The fourth-order valence-corrected chi connectivity index (χ4v) is 1.24. The van der Waals surface area contributed by atoms with Gasteiger partial charge in [0.25, 0.3) is 0 Å². The molecule has 0 saturated heterocycles. The minimum absolute atomic E-state index is 0.0812. The summed E-state index contributed by atoms with van der Waals surface area (Å²) >= 11 is 2.20. The van der Waals surface area contributed by atoms with Crippen molar-refractivity contribution in [2.45, 2.75) is 0 Å². The first-order valence-electron chi connectivity index (χ1n) is 3.82. The van der Waals surface area contributed by atoms with Gasteiger partial charge in [-0.1, -0.05) is 22.6 Å². The van der Waals surface area contributed by atoms with Gasteiger partial charge in [0.1, 0.15) is 0 Å². The van der Waals surface area contributed by atoms with E-state index < -0.39 is 7.60 Å². The molecule has 0 radical (unpaired) electrons. The minimum atomic E-state index is -3.89. The van der Waals surface area contributed by atoms with Crippen molar-refractivity contribution in [3.63, 3.8) is 0 Å².